The third-order valence-electron chi connectivity index (χ3n) is 3.37. The molecule has 1 aliphatic rings. The maximum atomic E-state index is 12.0. The quantitative estimate of drug-likeness (QED) is 0.789. The van der Waals surface area contributed by atoms with Gasteiger partial charge in [-0.25, -0.2) is 9.78 Å². The van der Waals surface area contributed by atoms with E-state index in [1.807, 2.05) is 6.92 Å². The molecule has 1 aromatic heterocycles. The largest absolute Gasteiger partial charge is 0.481 e. The van der Waals surface area contributed by atoms with E-state index in [1.54, 1.807) is 6.07 Å². The van der Waals surface area contributed by atoms with Crippen molar-refractivity contribution in [2.75, 3.05) is 13.1 Å². The number of carbonyl (C=O) groups excluding carboxylic acids is 1. The highest BCUT2D eigenvalue weighted by atomic mass is 16.4. The van der Waals surface area contributed by atoms with Crippen molar-refractivity contribution < 1.29 is 14.7 Å². The van der Waals surface area contributed by atoms with Crippen LogP contribution in [0.5, 0.6) is 0 Å². The Morgan fingerprint density at radius 1 is 1.47 bits per heavy atom. The van der Waals surface area contributed by atoms with Crippen LogP contribution < -0.4 is 5.69 Å². The van der Waals surface area contributed by atoms with Crippen LogP contribution in [0, 0.1) is 11.8 Å². The highest BCUT2D eigenvalue weighted by molar-refractivity contribution is 5.78. The van der Waals surface area contributed by atoms with Gasteiger partial charge >= 0.3 is 11.7 Å². The molecule has 2 rings (SSSR count). The fourth-order valence-electron chi connectivity index (χ4n) is 2.25. The fraction of sp³-hybridized carbons (Fsp3) is 0.500. The van der Waals surface area contributed by atoms with Crippen molar-refractivity contribution in [3.8, 4) is 0 Å². The molecule has 0 bridgehead atoms. The average molecular weight is 265 g/mol. The zero-order valence-electron chi connectivity index (χ0n) is 10.5. The van der Waals surface area contributed by atoms with Crippen LogP contribution >= 0.6 is 0 Å². The number of carbonyl (C=O) groups is 2. The summed E-state index contributed by atoms with van der Waals surface area (Å²) < 4.78 is 1.21. The number of carboxylic acids is 1. The Hall–Kier alpha value is -2.18. The molecule has 0 aromatic carbocycles. The number of likely N-dealkylation sites (tertiary alicyclic amines) is 1. The molecular formula is C12H15N3O4. The lowest BCUT2D eigenvalue weighted by Crippen LogP contribution is -2.36. The molecular weight excluding hydrogens is 250 g/mol. The second-order valence-electron chi connectivity index (χ2n) is 4.75. The molecule has 102 valence electrons. The van der Waals surface area contributed by atoms with Crippen molar-refractivity contribution in [2.24, 2.45) is 11.8 Å². The minimum Gasteiger partial charge on any atom is -0.481 e. The molecule has 1 saturated heterocycles. The number of carboxylic acid groups (broad SMARTS) is 1. The van der Waals surface area contributed by atoms with Crippen LogP contribution in [0.25, 0.3) is 0 Å². The van der Waals surface area contributed by atoms with Crippen molar-refractivity contribution in [1.82, 2.24) is 14.5 Å². The smallest absolute Gasteiger partial charge is 0.347 e. The molecule has 7 heteroatoms. The van der Waals surface area contributed by atoms with Crippen LogP contribution in [0.15, 0.2) is 23.3 Å². The minimum atomic E-state index is -0.888. The van der Waals surface area contributed by atoms with Crippen molar-refractivity contribution in [2.45, 2.75) is 13.5 Å². The van der Waals surface area contributed by atoms with Gasteiger partial charge in [0.05, 0.1) is 5.92 Å². The summed E-state index contributed by atoms with van der Waals surface area (Å²) in [7, 11) is 0. The van der Waals surface area contributed by atoms with Crippen LogP contribution in [-0.2, 0) is 16.1 Å². The molecule has 19 heavy (non-hydrogen) atoms. The van der Waals surface area contributed by atoms with Gasteiger partial charge in [0, 0.05) is 25.5 Å². The maximum Gasteiger partial charge on any atom is 0.347 e. The maximum absolute atomic E-state index is 12.0. The first-order valence-electron chi connectivity index (χ1n) is 6.01. The molecule has 1 aliphatic heterocycles. The Kier molecular flexibility index (Phi) is 3.64. The summed E-state index contributed by atoms with van der Waals surface area (Å²) >= 11 is 0. The van der Waals surface area contributed by atoms with E-state index in [9.17, 15) is 14.4 Å². The third-order valence-corrected chi connectivity index (χ3v) is 3.37. The lowest BCUT2D eigenvalue weighted by atomic mass is 9.99. The van der Waals surface area contributed by atoms with Gasteiger partial charge in [-0.2, -0.15) is 0 Å². The second kappa shape index (κ2) is 5.21. The molecule has 0 spiro atoms. The Morgan fingerprint density at radius 2 is 2.21 bits per heavy atom. The standard InChI is InChI=1S/C12H15N3O4/c1-8-5-15(6-9(8)11(17)18)10(16)7-14-4-2-3-13-12(14)19/h2-4,8-9H,5-7H2,1H3,(H,17,18). The predicted molar refractivity (Wildman–Crippen MR) is 65.4 cm³/mol. The molecule has 2 heterocycles. The topological polar surface area (TPSA) is 92.5 Å². The Bertz CT molecular complexity index is 554. The van der Waals surface area contributed by atoms with Gasteiger partial charge in [0.15, 0.2) is 0 Å². The highest BCUT2D eigenvalue weighted by Gasteiger charge is 2.36. The number of nitrogens with zero attached hydrogens (tertiary/aromatic N) is 3. The molecule has 2 unspecified atom stereocenters. The molecule has 1 aromatic rings. The van der Waals surface area contributed by atoms with Gasteiger partial charge in [0.25, 0.3) is 0 Å². The van der Waals surface area contributed by atoms with E-state index in [0.29, 0.717) is 6.54 Å². The van der Waals surface area contributed by atoms with Crippen LogP contribution in [0.4, 0.5) is 0 Å². The van der Waals surface area contributed by atoms with Crippen LogP contribution in [0.3, 0.4) is 0 Å². The van der Waals surface area contributed by atoms with Gasteiger partial charge in [-0.05, 0) is 12.0 Å². The number of amides is 1. The van der Waals surface area contributed by atoms with E-state index in [4.69, 9.17) is 5.11 Å². The summed E-state index contributed by atoms with van der Waals surface area (Å²) in [5.74, 6) is -1.76. The van der Waals surface area contributed by atoms with Gasteiger partial charge in [0.2, 0.25) is 5.91 Å². The molecule has 0 aliphatic carbocycles. The third kappa shape index (κ3) is 2.81. The number of hydrogen-bond acceptors (Lipinski definition) is 4. The first kappa shape index (κ1) is 13.3. The monoisotopic (exact) mass is 265 g/mol. The second-order valence-corrected chi connectivity index (χ2v) is 4.75. The molecule has 1 fully saturated rings. The predicted octanol–water partition coefficient (Wildman–Crippen LogP) is -0.578. The van der Waals surface area contributed by atoms with Gasteiger partial charge in [-0.15, -0.1) is 0 Å². The van der Waals surface area contributed by atoms with Crippen molar-refractivity contribution in [1.29, 1.82) is 0 Å². The summed E-state index contributed by atoms with van der Waals surface area (Å²) in [6.07, 6.45) is 2.85. The molecule has 0 radical (unpaired) electrons. The molecule has 1 N–H and O–H groups in total. The SMILES string of the molecule is CC1CN(C(=O)Cn2cccnc2=O)CC1C(=O)O. The van der Waals surface area contributed by atoms with Gasteiger partial charge in [0.1, 0.15) is 6.54 Å². The summed E-state index contributed by atoms with van der Waals surface area (Å²) in [6, 6.07) is 1.57. The number of hydrogen-bond donors (Lipinski definition) is 1. The Balaban J connectivity index is 2.04. The lowest BCUT2D eigenvalue weighted by Gasteiger charge is -2.16. The average Bonchev–Trinajstić information content (AvgIpc) is 2.74. The number of rotatable bonds is 3. The fourth-order valence-corrected chi connectivity index (χ4v) is 2.25. The van der Waals surface area contributed by atoms with Crippen molar-refractivity contribution in [3.63, 3.8) is 0 Å². The molecule has 7 nitrogen and oxygen atoms in total. The van der Waals surface area contributed by atoms with Gasteiger partial charge in [-0.3, -0.25) is 14.2 Å². The molecule has 0 saturated carbocycles. The summed E-state index contributed by atoms with van der Waals surface area (Å²) in [5, 5.41) is 9.01. The zero-order chi connectivity index (χ0) is 14.0. The molecule has 1 amide bonds. The number of aliphatic carboxylic acids is 1. The Labute approximate surface area is 109 Å². The first-order valence-corrected chi connectivity index (χ1v) is 6.01. The van der Waals surface area contributed by atoms with E-state index in [-0.39, 0.29) is 24.9 Å². The lowest BCUT2D eigenvalue weighted by molar-refractivity contribution is -0.142. The summed E-state index contributed by atoms with van der Waals surface area (Å²) in [5.41, 5.74) is -0.488. The van der Waals surface area contributed by atoms with Crippen molar-refractivity contribution in [3.05, 3.63) is 28.9 Å². The van der Waals surface area contributed by atoms with Crippen LogP contribution in [0.2, 0.25) is 0 Å². The van der Waals surface area contributed by atoms with Crippen LogP contribution in [-0.4, -0.2) is 44.5 Å². The zero-order valence-corrected chi connectivity index (χ0v) is 10.5. The van der Waals surface area contributed by atoms with Crippen molar-refractivity contribution >= 4 is 11.9 Å². The summed E-state index contributed by atoms with van der Waals surface area (Å²) in [4.78, 5) is 39.5. The van der Waals surface area contributed by atoms with E-state index in [2.05, 4.69) is 4.98 Å². The van der Waals surface area contributed by atoms with Gasteiger partial charge in [-0.1, -0.05) is 6.92 Å². The van der Waals surface area contributed by atoms with E-state index in [0.717, 1.165) is 0 Å². The first-order chi connectivity index (χ1) is 8.99. The Morgan fingerprint density at radius 3 is 2.79 bits per heavy atom. The minimum absolute atomic E-state index is 0.0768. The highest BCUT2D eigenvalue weighted by Crippen LogP contribution is 2.23. The molecule has 2 atom stereocenters. The summed E-state index contributed by atoms with van der Waals surface area (Å²) in [6.45, 7) is 2.31. The van der Waals surface area contributed by atoms with E-state index in [1.165, 1.54) is 21.9 Å². The normalized spacial score (nSPS) is 22.5. The number of aromatic nitrogens is 2. The van der Waals surface area contributed by atoms with Crippen LogP contribution in [0.1, 0.15) is 6.92 Å². The van der Waals surface area contributed by atoms with Gasteiger partial charge < -0.3 is 10.0 Å². The van der Waals surface area contributed by atoms with E-state index >= 15 is 0 Å². The van der Waals surface area contributed by atoms with E-state index < -0.39 is 17.6 Å².